The van der Waals surface area contributed by atoms with Crippen molar-refractivity contribution in [2.45, 2.75) is 19.3 Å². The molecule has 0 saturated carbocycles. The molecule has 1 saturated heterocycles. The number of aromatic nitrogens is 3. The van der Waals surface area contributed by atoms with Gasteiger partial charge in [0.05, 0.1) is 11.9 Å². The van der Waals surface area contributed by atoms with Gasteiger partial charge in [0.1, 0.15) is 0 Å². The molecule has 3 heterocycles. The van der Waals surface area contributed by atoms with Gasteiger partial charge >= 0.3 is 0 Å². The molecule has 17 heavy (non-hydrogen) atoms. The zero-order valence-corrected chi connectivity index (χ0v) is 9.76. The fraction of sp³-hybridized carbons (Fsp3) is 0.500. The molecule has 3 rings (SSSR count). The van der Waals surface area contributed by atoms with E-state index in [1.165, 1.54) is 12.8 Å². The predicted molar refractivity (Wildman–Crippen MR) is 66.7 cm³/mol. The first-order valence-corrected chi connectivity index (χ1v) is 6.13. The van der Waals surface area contributed by atoms with Crippen LogP contribution < -0.4 is 11.1 Å². The number of hydrogen-bond acceptors (Lipinski definition) is 4. The lowest BCUT2D eigenvalue weighted by Crippen LogP contribution is -2.28. The number of nitrogens with one attached hydrogen (secondary N) is 1. The molecule has 5 heteroatoms. The van der Waals surface area contributed by atoms with Crippen molar-refractivity contribution in [3.8, 4) is 0 Å². The molecule has 1 aliphatic heterocycles. The summed E-state index contributed by atoms with van der Waals surface area (Å²) in [5, 5.41) is 7.84. The van der Waals surface area contributed by atoms with Gasteiger partial charge in [-0.1, -0.05) is 0 Å². The van der Waals surface area contributed by atoms with Crippen molar-refractivity contribution < 1.29 is 0 Å². The fourth-order valence-electron chi connectivity index (χ4n) is 2.38. The van der Waals surface area contributed by atoms with Gasteiger partial charge in [0, 0.05) is 6.42 Å². The molecule has 0 unspecified atom stereocenters. The maximum absolute atomic E-state index is 5.72. The third-order valence-corrected chi connectivity index (χ3v) is 3.33. The van der Waals surface area contributed by atoms with Crippen LogP contribution in [0.15, 0.2) is 18.3 Å². The van der Waals surface area contributed by atoms with E-state index in [-0.39, 0.29) is 0 Å². The second kappa shape index (κ2) is 4.33. The summed E-state index contributed by atoms with van der Waals surface area (Å²) in [5.41, 5.74) is 7.32. The van der Waals surface area contributed by atoms with E-state index < -0.39 is 0 Å². The standard InChI is InChI=1S/C12H17N5/c13-10-1-2-12-15-11(16-17(12)8-10)7-9-3-5-14-6-4-9/h1-2,8-9,14H,3-7,13H2. The Morgan fingerprint density at radius 2 is 2.18 bits per heavy atom. The zero-order chi connectivity index (χ0) is 11.7. The van der Waals surface area contributed by atoms with E-state index in [2.05, 4.69) is 15.4 Å². The van der Waals surface area contributed by atoms with Crippen LogP contribution in [0.25, 0.3) is 5.65 Å². The van der Waals surface area contributed by atoms with Crippen molar-refractivity contribution in [3.05, 3.63) is 24.2 Å². The number of piperidine rings is 1. The lowest BCUT2D eigenvalue weighted by atomic mass is 9.94. The van der Waals surface area contributed by atoms with Crippen LogP contribution in [0.4, 0.5) is 5.69 Å². The minimum atomic E-state index is 0.714. The smallest absolute Gasteiger partial charge is 0.155 e. The third-order valence-electron chi connectivity index (χ3n) is 3.33. The van der Waals surface area contributed by atoms with E-state index in [0.29, 0.717) is 5.92 Å². The highest BCUT2D eigenvalue weighted by atomic mass is 15.3. The number of nitrogens with two attached hydrogens (primary N) is 1. The van der Waals surface area contributed by atoms with Gasteiger partial charge in [0.25, 0.3) is 0 Å². The van der Waals surface area contributed by atoms with Crippen LogP contribution in [0.1, 0.15) is 18.7 Å². The third kappa shape index (κ3) is 2.24. The molecule has 2 aromatic rings. The van der Waals surface area contributed by atoms with Gasteiger partial charge in [-0.25, -0.2) is 9.50 Å². The Bertz CT molecular complexity index is 513. The Labute approximate surface area is 100 Å². The lowest BCUT2D eigenvalue weighted by Gasteiger charge is -2.20. The van der Waals surface area contributed by atoms with Crippen molar-refractivity contribution >= 4 is 11.3 Å². The molecule has 3 N–H and O–H groups in total. The Kier molecular flexibility index (Phi) is 2.68. The average molecular weight is 231 g/mol. The summed E-state index contributed by atoms with van der Waals surface area (Å²) in [4.78, 5) is 4.52. The quantitative estimate of drug-likeness (QED) is 0.804. The van der Waals surface area contributed by atoms with E-state index in [9.17, 15) is 0 Å². The Balaban J connectivity index is 1.80. The molecular formula is C12H17N5. The van der Waals surface area contributed by atoms with Crippen molar-refractivity contribution in [2.24, 2.45) is 5.92 Å². The Morgan fingerprint density at radius 3 is 3.00 bits per heavy atom. The van der Waals surface area contributed by atoms with Crippen LogP contribution in [0.5, 0.6) is 0 Å². The van der Waals surface area contributed by atoms with Crippen LogP contribution in [-0.4, -0.2) is 27.7 Å². The second-order valence-electron chi connectivity index (χ2n) is 4.69. The number of rotatable bonds is 2. The number of nitrogen functional groups attached to an aromatic ring is 1. The largest absolute Gasteiger partial charge is 0.397 e. The molecule has 0 radical (unpaired) electrons. The molecule has 1 aliphatic rings. The van der Waals surface area contributed by atoms with Crippen LogP contribution in [0, 0.1) is 5.92 Å². The summed E-state index contributed by atoms with van der Waals surface area (Å²) in [6, 6.07) is 3.77. The summed E-state index contributed by atoms with van der Waals surface area (Å²) in [6.45, 7) is 2.23. The van der Waals surface area contributed by atoms with Gasteiger partial charge in [0.15, 0.2) is 11.5 Å². The topological polar surface area (TPSA) is 68.2 Å². The summed E-state index contributed by atoms with van der Waals surface area (Å²) < 4.78 is 1.77. The first kappa shape index (κ1) is 10.5. The number of anilines is 1. The number of fused-ring (bicyclic) bond motifs is 1. The normalized spacial score (nSPS) is 17.6. The molecule has 0 bridgehead atoms. The minimum absolute atomic E-state index is 0.714. The van der Waals surface area contributed by atoms with Crippen molar-refractivity contribution in [1.29, 1.82) is 0 Å². The van der Waals surface area contributed by atoms with Crippen molar-refractivity contribution in [2.75, 3.05) is 18.8 Å². The highest BCUT2D eigenvalue weighted by molar-refractivity contribution is 5.46. The summed E-state index contributed by atoms with van der Waals surface area (Å²) in [6.07, 6.45) is 5.23. The predicted octanol–water partition coefficient (Wildman–Crippen LogP) is 0.854. The number of pyridine rings is 1. The summed E-state index contributed by atoms with van der Waals surface area (Å²) >= 11 is 0. The van der Waals surface area contributed by atoms with Crippen molar-refractivity contribution in [3.63, 3.8) is 0 Å². The van der Waals surface area contributed by atoms with E-state index in [1.54, 1.807) is 4.52 Å². The second-order valence-corrected chi connectivity index (χ2v) is 4.69. The highest BCUT2D eigenvalue weighted by Crippen LogP contribution is 2.16. The molecule has 1 fully saturated rings. The van der Waals surface area contributed by atoms with E-state index in [1.807, 2.05) is 18.3 Å². The van der Waals surface area contributed by atoms with E-state index in [4.69, 9.17) is 5.73 Å². The Hall–Kier alpha value is -1.62. The van der Waals surface area contributed by atoms with Crippen LogP contribution in [0.3, 0.4) is 0 Å². The van der Waals surface area contributed by atoms with Gasteiger partial charge in [-0.3, -0.25) is 0 Å². The van der Waals surface area contributed by atoms with E-state index >= 15 is 0 Å². The first-order chi connectivity index (χ1) is 8.31. The van der Waals surface area contributed by atoms with Crippen LogP contribution in [0.2, 0.25) is 0 Å². The van der Waals surface area contributed by atoms with Crippen LogP contribution >= 0.6 is 0 Å². The molecule has 0 aromatic carbocycles. The molecule has 0 amide bonds. The maximum Gasteiger partial charge on any atom is 0.155 e. The zero-order valence-electron chi connectivity index (χ0n) is 9.76. The van der Waals surface area contributed by atoms with Gasteiger partial charge in [-0.15, -0.1) is 0 Å². The Morgan fingerprint density at radius 1 is 1.35 bits per heavy atom. The highest BCUT2D eigenvalue weighted by Gasteiger charge is 2.16. The SMILES string of the molecule is Nc1ccc2nc(CC3CCNCC3)nn2c1. The van der Waals surface area contributed by atoms with Crippen LogP contribution in [-0.2, 0) is 6.42 Å². The van der Waals surface area contributed by atoms with Crippen molar-refractivity contribution in [1.82, 2.24) is 19.9 Å². The van der Waals surface area contributed by atoms with Gasteiger partial charge in [-0.05, 0) is 44.0 Å². The van der Waals surface area contributed by atoms with Gasteiger partial charge < -0.3 is 11.1 Å². The molecular weight excluding hydrogens is 214 g/mol. The summed E-state index contributed by atoms with van der Waals surface area (Å²) in [7, 11) is 0. The van der Waals surface area contributed by atoms with Gasteiger partial charge in [-0.2, -0.15) is 5.10 Å². The monoisotopic (exact) mass is 231 g/mol. The first-order valence-electron chi connectivity index (χ1n) is 6.13. The molecule has 90 valence electrons. The number of hydrogen-bond donors (Lipinski definition) is 2. The molecule has 0 spiro atoms. The molecule has 5 nitrogen and oxygen atoms in total. The average Bonchev–Trinajstić information content (AvgIpc) is 2.71. The molecule has 0 aliphatic carbocycles. The summed E-state index contributed by atoms with van der Waals surface area (Å²) in [5.74, 6) is 1.65. The lowest BCUT2D eigenvalue weighted by molar-refractivity contribution is 0.367. The van der Waals surface area contributed by atoms with E-state index in [0.717, 1.165) is 36.7 Å². The van der Waals surface area contributed by atoms with Gasteiger partial charge in [0.2, 0.25) is 0 Å². The molecule has 2 aromatic heterocycles. The fourth-order valence-corrected chi connectivity index (χ4v) is 2.38. The molecule has 0 atom stereocenters. The minimum Gasteiger partial charge on any atom is -0.397 e. The maximum atomic E-state index is 5.72. The number of nitrogens with zero attached hydrogens (tertiary/aromatic N) is 3.